The average molecular weight is 410 g/mol. The number of benzene rings is 2. The molecule has 1 N–H and O–H groups in total. The maximum atomic E-state index is 12.5. The predicted octanol–water partition coefficient (Wildman–Crippen LogP) is 3.44. The zero-order chi connectivity index (χ0) is 21.7. The summed E-state index contributed by atoms with van der Waals surface area (Å²) in [6.45, 7) is 1.48. The molecule has 1 atom stereocenters. The van der Waals surface area contributed by atoms with Gasteiger partial charge in [0, 0.05) is 29.3 Å². The highest BCUT2D eigenvalue weighted by molar-refractivity contribution is 5.97. The van der Waals surface area contributed by atoms with Crippen LogP contribution in [0.25, 0.3) is 10.9 Å². The van der Waals surface area contributed by atoms with Crippen molar-refractivity contribution in [3.63, 3.8) is 0 Å². The van der Waals surface area contributed by atoms with Crippen molar-refractivity contribution < 1.29 is 28.5 Å². The van der Waals surface area contributed by atoms with E-state index in [0.717, 1.165) is 5.39 Å². The molecule has 1 unspecified atom stereocenters. The van der Waals surface area contributed by atoms with Crippen molar-refractivity contribution in [2.24, 2.45) is 0 Å². The summed E-state index contributed by atoms with van der Waals surface area (Å²) in [5, 5.41) is 3.50. The van der Waals surface area contributed by atoms with Crippen LogP contribution in [0.3, 0.4) is 0 Å². The van der Waals surface area contributed by atoms with E-state index in [1.807, 2.05) is 6.07 Å². The summed E-state index contributed by atoms with van der Waals surface area (Å²) in [5.41, 5.74) is 1.18. The van der Waals surface area contributed by atoms with Gasteiger partial charge in [0.15, 0.2) is 6.10 Å². The molecule has 0 bridgehead atoms. The molecule has 156 valence electrons. The molecule has 30 heavy (non-hydrogen) atoms. The Balaban J connectivity index is 1.69. The fourth-order valence-corrected chi connectivity index (χ4v) is 2.74. The number of pyridine rings is 1. The van der Waals surface area contributed by atoms with Crippen LogP contribution in [0.5, 0.6) is 17.2 Å². The van der Waals surface area contributed by atoms with Crippen LogP contribution in [0.15, 0.2) is 48.5 Å². The van der Waals surface area contributed by atoms with Gasteiger partial charge in [-0.1, -0.05) is 6.07 Å². The molecule has 8 heteroatoms. The van der Waals surface area contributed by atoms with E-state index < -0.39 is 18.0 Å². The van der Waals surface area contributed by atoms with Gasteiger partial charge in [0.1, 0.15) is 22.9 Å². The monoisotopic (exact) mass is 410 g/mol. The van der Waals surface area contributed by atoms with Crippen LogP contribution < -0.4 is 19.5 Å². The van der Waals surface area contributed by atoms with Crippen molar-refractivity contribution in [3.8, 4) is 17.2 Å². The van der Waals surface area contributed by atoms with Gasteiger partial charge in [-0.3, -0.25) is 4.79 Å². The van der Waals surface area contributed by atoms with Crippen molar-refractivity contribution in [1.29, 1.82) is 0 Å². The van der Waals surface area contributed by atoms with Gasteiger partial charge in [0.2, 0.25) is 0 Å². The topological polar surface area (TPSA) is 96.0 Å². The second-order valence-corrected chi connectivity index (χ2v) is 6.39. The number of anilines is 1. The molecule has 0 saturated carbocycles. The molecule has 0 radical (unpaired) electrons. The van der Waals surface area contributed by atoms with Gasteiger partial charge in [0.25, 0.3) is 5.91 Å². The summed E-state index contributed by atoms with van der Waals surface area (Å²) in [5.74, 6) is 0.541. The van der Waals surface area contributed by atoms with Crippen molar-refractivity contribution in [2.75, 3.05) is 26.6 Å². The Kier molecular flexibility index (Phi) is 6.36. The van der Waals surface area contributed by atoms with Crippen molar-refractivity contribution in [3.05, 3.63) is 54.2 Å². The van der Waals surface area contributed by atoms with Crippen LogP contribution in [0.4, 0.5) is 5.69 Å². The fraction of sp³-hybridized carbons (Fsp3) is 0.227. The highest BCUT2D eigenvalue weighted by Crippen LogP contribution is 2.26. The lowest BCUT2D eigenvalue weighted by molar-refractivity contribution is -0.123. The smallest absolute Gasteiger partial charge is 0.357 e. The molecule has 0 spiro atoms. The number of hydrogen-bond acceptors (Lipinski definition) is 7. The molecular weight excluding hydrogens is 388 g/mol. The molecule has 0 saturated heterocycles. The highest BCUT2D eigenvalue weighted by atomic mass is 16.5. The first-order valence-corrected chi connectivity index (χ1v) is 9.13. The normalized spacial score (nSPS) is 11.5. The van der Waals surface area contributed by atoms with Gasteiger partial charge in [-0.25, -0.2) is 9.78 Å². The zero-order valence-corrected chi connectivity index (χ0v) is 17.1. The van der Waals surface area contributed by atoms with E-state index in [1.165, 1.54) is 21.1 Å². The Bertz CT molecular complexity index is 1060. The molecule has 0 aliphatic carbocycles. The van der Waals surface area contributed by atoms with E-state index in [0.29, 0.717) is 28.5 Å². The number of esters is 1. The van der Waals surface area contributed by atoms with Gasteiger partial charge < -0.3 is 24.3 Å². The number of nitrogens with one attached hydrogen (secondary N) is 1. The molecule has 1 heterocycles. The van der Waals surface area contributed by atoms with Crippen LogP contribution >= 0.6 is 0 Å². The first-order valence-electron chi connectivity index (χ1n) is 9.13. The highest BCUT2D eigenvalue weighted by Gasteiger charge is 2.20. The van der Waals surface area contributed by atoms with Crippen molar-refractivity contribution >= 4 is 28.5 Å². The molecule has 2 aromatic carbocycles. The number of ether oxygens (including phenoxy) is 4. The fourth-order valence-electron chi connectivity index (χ4n) is 2.74. The third-order valence-electron chi connectivity index (χ3n) is 4.38. The third-order valence-corrected chi connectivity index (χ3v) is 4.38. The van der Waals surface area contributed by atoms with Crippen LogP contribution in [0, 0.1) is 0 Å². The van der Waals surface area contributed by atoms with Gasteiger partial charge in [-0.15, -0.1) is 0 Å². The number of carbonyl (C=O) groups excluding carboxylic acids is 2. The van der Waals surface area contributed by atoms with E-state index in [-0.39, 0.29) is 5.69 Å². The molecule has 3 rings (SSSR count). The average Bonchev–Trinajstić information content (AvgIpc) is 2.77. The van der Waals surface area contributed by atoms with Crippen molar-refractivity contribution in [2.45, 2.75) is 13.0 Å². The van der Waals surface area contributed by atoms with Crippen LogP contribution in [-0.2, 0) is 9.53 Å². The minimum absolute atomic E-state index is 0.107. The first-order chi connectivity index (χ1) is 14.4. The lowest BCUT2D eigenvalue weighted by Gasteiger charge is -2.14. The lowest BCUT2D eigenvalue weighted by atomic mass is 10.2. The second-order valence-electron chi connectivity index (χ2n) is 6.39. The minimum Gasteiger partial charge on any atom is -0.497 e. The molecule has 0 aliphatic heterocycles. The molecule has 1 aromatic heterocycles. The molecule has 3 aromatic rings. The van der Waals surface area contributed by atoms with Gasteiger partial charge in [-0.05, 0) is 31.2 Å². The van der Waals surface area contributed by atoms with Crippen LogP contribution in [-0.4, -0.2) is 44.3 Å². The number of carbonyl (C=O) groups is 2. The number of hydrogen-bond donors (Lipinski definition) is 1. The molecule has 8 nitrogen and oxygen atoms in total. The molecule has 0 fully saturated rings. The van der Waals surface area contributed by atoms with Crippen LogP contribution in [0.2, 0.25) is 0 Å². The van der Waals surface area contributed by atoms with E-state index in [1.54, 1.807) is 49.6 Å². The van der Waals surface area contributed by atoms with E-state index in [2.05, 4.69) is 10.3 Å². The Morgan fingerprint density at radius 2 is 1.53 bits per heavy atom. The summed E-state index contributed by atoms with van der Waals surface area (Å²) in [7, 11) is 4.60. The van der Waals surface area contributed by atoms with E-state index >= 15 is 0 Å². The predicted molar refractivity (Wildman–Crippen MR) is 111 cm³/mol. The van der Waals surface area contributed by atoms with Crippen LogP contribution in [0.1, 0.15) is 17.4 Å². The number of rotatable bonds is 7. The Morgan fingerprint density at radius 1 is 0.867 bits per heavy atom. The maximum absolute atomic E-state index is 12.5. The number of methoxy groups -OCH3 is 3. The van der Waals surface area contributed by atoms with E-state index in [9.17, 15) is 9.59 Å². The lowest BCUT2D eigenvalue weighted by Crippen LogP contribution is -2.30. The summed E-state index contributed by atoms with van der Waals surface area (Å²) in [6, 6.07) is 13.6. The standard InChI is InChI=1S/C22H22N2O6/c1-13(21(25)23-15-10-17(28-3)12-18(11-15)29-4)30-22(26)20-7-5-14-9-16(27-2)6-8-19(14)24-20/h5-13H,1-4H3,(H,23,25). The second kappa shape index (κ2) is 9.13. The van der Waals surface area contributed by atoms with Gasteiger partial charge >= 0.3 is 5.97 Å². The largest absolute Gasteiger partial charge is 0.497 e. The minimum atomic E-state index is -1.04. The summed E-state index contributed by atoms with van der Waals surface area (Å²) < 4.78 is 20.8. The van der Waals surface area contributed by atoms with E-state index in [4.69, 9.17) is 18.9 Å². The summed E-state index contributed by atoms with van der Waals surface area (Å²) in [6.07, 6.45) is -1.04. The SMILES string of the molecule is COc1cc(NC(=O)C(C)OC(=O)c2ccc3cc(OC)ccc3n2)cc(OC)c1. The Morgan fingerprint density at radius 3 is 2.17 bits per heavy atom. The third kappa shape index (κ3) is 4.78. The summed E-state index contributed by atoms with van der Waals surface area (Å²) in [4.78, 5) is 29.2. The van der Waals surface area contributed by atoms with Gasteiger partial charge in [0.05, 0.1) is 26.8 Å². The van der Waals surface area contributed by atoms with Crippen molar-refractivity contribution in [1.82, 2.24) is 4.98 Å². The number of fused-ring (bicyclic) bond motifs is 1. The van der Waals surface area contributed by atoms with Gasteiger partial charge in [-0.2, -0.15) is 0 Å². The summed E-state index contributed by atoms with van der Waals surface area (Å²) >= 11 is 0. The number of nitrogens with zero attached hydrogens (tertiary/aromatic N) is 1. The Hall–Kier alpha value is -3.81. The number of aromatic nitrogens is 1. The molecular formula is C22H22N2O6. The molecule has 1 amide bonds. The quantitative estimate of drug-likeness (QED) is 0.596. The Labute approximate surface area is 173 Å². The molecule has 0 aliphatic rings. The zero-order valence-electron chi connectivity index (χ0n) is 17.1. The first kappa shape index (κ1) is 20.9. The maximum Gasteiger partial charge on any atom is 0.357 e. The number of amides is 1.